The molecule has 1 fully saturated rings. The van der Waals surface area contributed by atoms with Gasteiger partial charge in [0.25, 0.3) is 0 Å². The molecule has 2 aromatic rings. The Morgan fingerprint density at radius 2 is 1.74 bits per heavy atom. The summed E-state index contributed by atoms with van der Waals surface area (Å²) in [5, 5.41) is 6.85. The Balaban J connectivity index is 1.45. The van der Waals surface area contributed by atoms with Crippen molar-refractivity contribution in [2.75, 3.05) is 6.54 Å². The largest absolute Gasteiger partial charge is 0.488 e. The van der Waals surface area contributed by atoms with Crippen LogP contribution in [-0.4, -0.2) is 41.2 Å². The van der Waals surface area contributed by atoms with E-state index in [0.717, 1.165) is 36.4 Å². The highest BCUT2D eigenvalue weighted by Gasteiger charge is 2.41. The second kappa shape index (κ2) is 10.5. The first kappa shape index (κ1) is 28.4. The molecule has 212 valence electrons. The van der Waals surface area contributed by atoms with Gasteiger partial charge in [-0.2, -0.15) is 26.3 Å². The minimum atomic E-state index is -4.79. The first-order valence-electron chi connectivity index (χ1n) is 12.1. The first-order chi connectivity index (χ1) is 18.1. The normalized spacial score (nSPS) is 19.8. The van der Waals surface area contributed by atoms with E-state index in [0.29, 0.717) is 19.4 Å². The Bertz CT molecular complexity index is 1220. The van der Waals surface area contributed by atoms with Crippen molar-refractivity contribution in [1.29, 1.82) is 0 Å². The van der Waals surface area contributed by atoms with Gasteiger partial charge in [0.2, 0.25) is 6.23 Å². The van der Waals surface area contributed by atoms with E-state index in [4.69, 9.17) is 14.3 Å². The molecule has 2 heterocycles. The molecule has 39 heavy (non-hydrogen) atoms. The Morgan fingerprint density at radius 1 is 1.05 bits per heavy atom. The third-order valence-electron chi connectivity index (χ3n) is 6.05. The predicted molar refractivity (Wildman–Crippen MR) is 128 cm³/mol. The number of ether oxygens (including phenoxy) is 2. The number of rotatable bonds is 5. The van der Waals surface area contributed by atoms with Gasteiger partial charge >= 0.3 is 18.4 Å². The van der Waals surface area contributed by atoms with Gasteiger partial charge in [-0.3, -0.25) is 4.90 Å². The Morgan fingerprint density at radius 3 is 2.36 bits per heavy atom. The lowest BCUT2D eigenvalue weighted by molar-refractivity contribution is -0.139. The van der Waals surface area contributed by atoms with Gasteiger partial charge in [-0.1, -0.05) is 17.3 Å². The van der Waals surface area contributed by atoms with Crippen LogP contribution in [0.15, 0.2) is 47.6 Å². The Labute approximate surface area is 220 Å². The highest BCUT2D eigenvalue weighted by Crippen LogP contribution is 2.38. The number of amides is 1. The molecule has 0 spiro atoms. The van der Waals surface area contributed by atoms with Crippen molar-refractivity contribution >= 4 is 11.9 Å². The fourth-order valence-electron chi connectivity index (χ4n) is 4.23. The van der Waals surface area contributed by atoms with E-state index in [1.165, 1.54) is 11.0 Å². The number of nitrogens with zero attached hydrogens (tertiary/aromatic N) is 2. The molecule has 0 aromatic heterocycles. The SMILES string of the molecule is CC(C)(C)OC(=O)N1CCCC1C1NC(c2ccc(OCc3ccc(C(F)(F)F)cc3)c(C(F)(F)F)c2)=NO1. The number of alkyl halides is 6. The molecule has 0 aliphatic carbocycles. The minimum Gasteiger partial charge on any atom is -0.488 e. The number of hydrogen-bond donors (Lipinski definition) is 1. The monoisotopic (exact) mass is 559 g/mol. The summed E-state index contributed by atoms with van der Waals surface area (Å²) in [6.45, 7) is 5.32. The number of carbonyl (C=O) groups is 1. The Hall–Kier alpha value is -3.64. The van der Waals surface area contributed by atoms with Gasteiger partial charge in [0.15, 0.2) is 5.84 Å². The molecule has 2 aliphatic heterocycles. The summed E-state index contributed by atoms with van der Waals surface area (Å²) in [6.07, 6.45) is -9.32. The summed E-state index contributed by atoms with van der Waals surface area (Å²) in [7, 11) is 0. The van der Waals surface area contributed by atoms with Crippen LogP contribution < -0.4 is 10.1 Å². The van der Waals surface area contributed by atoms with Crippen molar-refractivity contribution < 1.29 is 45.4 Å². The minimum absolute atomic E-state index is 0.0517. The van der Waals surface area contributed by atoms with Crippen LogP contribution in [-0.2, 0) is 28.5 Å². The summed E-state index contributed by atoms with van der Waals surface area (Å²) < 4.78 is 90.6. The summed E-state index contributed by atoms with van der Waals surface area (Å²) >= 11 is 0. The third-order valence-corrected chi connectivity index (χ3v) is 6.05. The van der Waals surface area contributed by atoms with Crippen LogP contribution in [0.5, 0.6) is 5.75 Å². The lowest BCUT2D eigenvalue weighted by atomic mass is 10.1. The third kappa shape index (κ3) is 6.87. The lowest BCUT2D eigenvalue weighted by Crippen LogP contribution is -2.50. The van der Waals surface area contributed by atoms with E-state index < -0.39 is 53.2 Å². The second-order valence-corrected chi connectivity index (χ2v) is 10.2. The number of nitrogens with one attached hydrogen (secondary N) is 1. The molecule has 1 saturated heterocycles. The average molecular weight is 560 g/mol. The van der Waals surface area contributed by atoms with E-state index in [1.807, 2.05) is 0 Å². The van der Waals surface area contributed by atoms with Crippen LogP contribution in [0.25, 0.3) is 0 Å². The van der Waals surface area contributed by atoms with Crippen molar-refractivity contribution in [1.82, 2.24) is 10.2 Å². The van der Waals surface area contributed by atoms with E-state index >= 15 is 0 Å². The first-order valence-corrected chi connectivity index (χ1v) is 12.1. The smallest absolute Gasteiger partial charge is 0.419 e. The number of carbonyl (C=O) groups excluding carboxylic acids is 1. The van der Waals surface area contributed by atoms with Crippen molar-refractivity contribution in [3.8, 4) is 5.75 Å². The van der Waals surface area contributed by atoms with Gasteiger partial charge in [0.1, 0.15) is 18.0 Å². The highest BCUT2D eigenvalue weighted by atomic mass is 19.4. The Kier molecular flexibility index (Phi) is 7.63. The molecule has 2 aromatic carbocycles. The molecule has 0 bridgehead atoms. The second-order valence-electron chi connectivity index (χ2n) is 10.2. The zero-order valence-electron chi connectivity index (χ0n) is 21.3. The predicted octanol–water partition coefficient (Wildman–Crippen LogP) is 6.31. The fraction of sp³-hybridized carbons (Fsp3) is 0.462. The van der Waals surface area contributed by atoms with Crippen LogP contribution >= 0.6 is 0 Å². The molecule has 1 N–H and O–H groups in total. The van der Waals surface area contributed by atoms with Gasteiger partial charge in [-0.25, -0.2) is 4.79 Å². The molecule has 4 rings (SSSR count). The van der Waals surface area contributed by atoms with Crippen molar-refractivity contribution in [2.45, 2.75) is 70.4 Å². The summed E-state index contributed by atoms with van der Waals surface area (Å²) in [5.41, 5.74) is -2.31. The van der Waals surface area contributed by atoms with Crippen LogP contribution in [0.3, 0.4) is 0 Å². The molecular weight excluding hydrogens is 532 g/mol. The topological polar surface area (TPSA) is 72.4 Å². The van der Waals surface area contributed by atoms with E-state index in [2.05, 4.69) is 10.5 Å². The number of halogens is 6. The number of amidine groups is 1. The number of likely N-dealkylation sites (tertiary alicyclic amines) is 1. The van der Waals surface area contributed by atoms with Gasteiger partial charge in [-0.15, -0.1) is 0 Å². The molecular formula is C26H27F6N3O4. The maximum Gasteiger partial charge on any atom is 0.419 e. The zero-order chi connectivity index (χ0) is 28.6. The molecule has 2 unspecified atom stereocenters. The molecule has 13 heteroatoms. The quantitative estimate of drug-likeness (QED) is 0.435. The standard InChI is InChI=1S/C26H27F6N3O4/c1-24(2,3)38-23(36)35-12-4-5-19(35)22-33-21(34-39-22)16-8-11-20(18(13-16)26(30,31)32)37-14-15-6-9-17(10-7-15)25(27,28)29/h6-11,13,19,22H,4-5,12,14H2,1-3H3,(H,33,34). The summed E-state index contributed by atoms with van der Waals surface area (Å²) in [4.78, 5) is 19.5. The van der Waals surface area contributed by atoms with E-state index in [9.17, 15) is 31.1 Å². The zero-order valence-corrected chi connectivity index (χ0v) is 21.3. The van der Waals surface area contributed by atoms with Crippen LogP contribution in [0.2, 0.25) is 0 Å². The van der Waals surface area contributed by atoms with Crippen LogP contribution in [0.1, 0.15) is 55.9 Å². The van der Waals surface area contributed by atoms with Gasteiger partial charge in [-0.05, 0) is 69.5 Å². The summed E-state index contributed by atoms with van der Waals surface area (Å²) in [6, 6.07) is 6.83. The lowest BCUT2D eigenvalue weighted by Gasteiger charge is -2.30. The van der Waals surface area contributed by atoms with Gasteiger partial charge in [0.05, 0.1) is 17.2 Å². The van der Waals surface area contributed by atoms with Crippen molar-refractivity contribution in [3.63, 3.8) is 0 Å². The molecule has 0 radical (unpaired) electrons. The molecule has 0 saturated carbocycles. The summed E-state index contributed by atoms with van der Waals surface area (Å²) in [5.74, 6) is -0.440. The molecule has 2 atom stereocenters. The maximum absolute atomic E-state index is 13.9. The average Bonchev–Trinajstić information content (AvgIpc) is 3.50. The van der Waals surface area contributed by atoms with Crippen LogP contribution in [0.4, 0.5) is 31.1 Å². The molecule has 1 amide bonds. The van der Waals surface area contributed by atoms with Crippen molar-refractivity contribution in [3.05, 3.63) is 64.7 Å². The highest BCUT2D eigenvalue weighted by molar-refractivity contribution is 5.99. The number of oxime groups is 1. The van der Waals surface area contributed by atoms with Gasteiger partial charge in [0, 0.05) is 12.1 Å². The number of benzene rings is 2. The number of hydrogen-bond acceptors (Lipinski definition) is 6. The molecule has 7 nitrogen and oxygen atoms in total. The van der Waals surface area contributed by atoms with E-state index in [1.54, 1.807) is 20.8 Å². The van der Waals surface area contributed by atoms with Gasteiger partial charge < -0.3 is 19.6 Å². The van der Waals surface area contributed by atoms with Crippen molar-refractivity contribution in [2.24, 2.45) is 5.16 Å². The fourth-order valence-corrected chi connectivity index (χ4v) is 4.23. The maximum atomic E-state index is 13.9. The molecule has 2 aliphatic rings. The van der Waals surface area contributed by atoms with Crippen LogP contribution in [0, 0.1) is 0 Å². The van der Waals surface area contributed by atoms with E-state index in [-0.39, 0.29) is 23.6 Å².